The minimum Gasteiger partial charge on any atom is -0.384 e. The first kappa shape index (κ1) is 15.4. The molecule has 0 saturated heterocycles. The maximum absolute atomic E-state index is 12.1. The highest BCUT2D eigenvalue weighted by Gasteiger charge is 2.08. The number of rotatable bonds is 6. The number of halogens is 1. The molecule has 4 heteroatoms. The van der Waals surface area contributed by atoms with Gasteiger partial charge < -0.3 is 10.2 Å². The summed E-state index contributed by atoms with van der Waals surface area (Å²) in [6.07, 6.45) is 0.454. The molecule has 0 aromatic heterocycles. The second-order valence-electron chi connectivity index (χ2n) is 4.92. The van der Waals surface area contributed by atoms with Gasteiger partial charge in [0.25, 0.3) is 0 Å². The summed E-state index contributed by atoms with van der Waals surface area (Å²) in [5, 5.41) is 3.89. The average molecular weight is 303 g/mol. The van der Waals surface area contributed by atoms with Crippen molar-refractivity contribution in [2.45, 2.75) is 13.0 Å². The second kappa shape index (κ2) is 7.70. The Morgan fingerprint density at radius 3 is 2.62 bits per heavy atom. The van der Waals surface area contributed by atoms with Crippen LogP contribution in [0.5, 0.6) is 0 Å². The van der Waals surface area contributed by atoms with Crippen molar-refractivity contribution in [2.75, 3.05) is 18.9 Å². The fourth-order valence-corrected chi connectivity index (χ4v) is 2.24. The molecular weight excluding hydrogens is 284 g/mol. The van der Waals surface area contributed by atoms with Crippen molar-refractivity contribution in [2.24, 2.45) is 0 Å². The van der Waals surface area contributed by atoms with Crippen molar-refractivity contribution in [1.82, 2.24) is 4.90 Å². The molecule has 2 aromatic carbocycles. The maximum Gasteiger partial charge on any atom is 0.224 e. The monoisotopic (exact) mass is 302 g/mol. The van der Waals surface area contributed by atoms with Crippen LogP contribution < -0.4 is 5.32 Å². The summed E-state index contributed by atoms with van der Waals surface area (Å²) in [5.74, 6) is 0.119. The SMILES string of the molecule is CN(Cc1ccccc1)C(=O)CCNc1cccc(Cl)c1. The van der Waals surface area contributed by atoms with Gasteiger partial charge in [-0.25, -0.2) is 0 Å². The van der Waals surface area contributed by atoms with Crippen LogP contribution in [-0.2, 0) is 11.3 Å². The van der Waals surface area contributed by atoms with Crippen LogP contribution in [0.1, 0.15) is 12.0 Å². The Kier molecular flexibility index (Phi) is 5.64. The van der Waals surface area contributed by atoms with Crippen LogP contribution in [0.15, 0.2) is 54.6 Å². The van der Waals surface area contributed by atoms with E-state index in [1.807, 2.05) is 61.6 Å². The first-order valence-corrected chi connectivity index (χ1v) is 7.30. The molecule has 110 valence electrons. The molecule has 0 radical (unpaired) electrons. The van der Waals surface area contributed by atoms with Crippen LogP contribution in [0.2, 0.25) is 5.02 Å². The van der Waals surface area contributed by atoms with Crippen LogP contribution in [0.4, 0.5) is 5.69 Å². The van der Waals surface area contributed by atoms with E-state index in [2.05, 4.69) is 5.32 Å². The molecule has 0 atom stereocenters. The smallest absolute Gasteiger partial charge is 0.224 e. The Morgan fingerprint density at radius 2 is 1.90 bits per heavy atom. The molecule has 0 fully saturated rings. The number of anilines is 1. The third-order valence-electron chi connectivity index (χ3n) is 3.18. The van der Waals surface area contributed by atoms with Crippen molar-refractivity contribution >= 4 is 23.2 Å². The molecule has 1 N–H and O–H groups in total. The van der Waals surface area contributed by atoms with E-state index >= 15 is 0 Å². The van der Waals surface area contributed by atoms with E-state index in [0.29, 0.717) is 24.5 Å². The Hall–Kier alpha value is -2.00. The summed E-state index contributed by atoms with van der Waals surface area (Å²) >= 11 is 5.91. The van der Waals surface area contributed by atoms with E-state index in [0.717, 1.165) is 11.3 Å². The Morgan fingerprint density at radius 1 is 1.14 bits per heavy atom. The number of benzene rings is 2. The predicted molar refractivity (Wildman–Crippen MR) is 87.5 cm³/mol. The first-order valence-electron chi connectivity index (χ1n) is 6.92. The fourth-order valence-electron chi connectivity index (χ4n) is 2.05. The molecule has 0 heterocycles. The third-order valence-corrected chi connectivity index (χ3v) is 3.42. The van der Waals surface area contributed by atoms with Crippen molar-refractivity contribution in [1.29, 1.82) is 0 Å². The number of nitrogens with one attached hydrogen (secondary N) is 1. The number of carbonyl (C=O) groups is 1. The van der Waals surface area contributed by atoms with Gasteiger partial charge >= 0.3 is 0 Å². The Bertz CT molecular complexity index is 586. The van der Waals surface area contributed by atoms with Crippen LogP contribution in [-0.4, -0.2) is 24.4 Å². The second-order valence-corrected chi connectivity index (χ2v) is 5.36. The van der Waals surface area contributed by atoms with Crippen LogP contribution in [0, 0.1) is 0 Å². The molecule has 0 aliphatic carbocycles. The van der Waals surface area contributed by atoms with Crippen molar-refractivity contribution < 1.29 is 4.79 Å². The van der Waals surface area contributed by atoms with E-state index < -0.39 is 0 Å². The van der Waals surface area contributed by atoms with E-state index in [1.54, 1.807) is 4.90 Å². The van der Waals surface area contributed by atoms with Gasteiger partial charge in [-0.3, -0.25) is 4.79 Å². The van der Waals surface area contributed by atoms with E-state index in [-0.39, 0.29) is 5.91 Å². The van der Waals surface area contributed by atoms with Crippen LogP contribution in [0.3, 0.4) is 0 Å². The molecular formula is C17H19ClN2O. The third kappa shape index (κ3) is 5.12. The maximum atomic E-state index is 12.1. The molecule has 0 unspecified atom stereocenters. The number of hydrogen-bond donors (Lipinski definition) is 1. The normalized spacial score (nSPS) is 10.2. The Labute approximate surface area is 130 Å². The molecule has 0 aliphatic rings. The highest BCUT2D eigenvalue weighted by Crippen LogP contribution is 2.14. The van der Waals surface area contributed by atoms with Gasteiger partial charge in [0.15, 0.2) is 0 Å². The minimum absolute atomic E-state index is 0.119. The summed E-state index contributed by atoms with van der Waals surface area (Å²) in [6.45, 7) is 1.23. The summed E-state index contributed by atoms with van der Waals surface area (Å²) in [5.41, 5.74) is 2.07. The van der Waals surface area contributed by atoms with Crippen molar-refractivity contribution in [3.8, 4) is 0 Å². The van der Waals surface area contributed by atoms with Crippen molar-refractivity contribution in [3.05, 3.63) is 65.2 Å². The lowest BCUT2D eigenvalue weighted by Crippen LogP contribution is -2.27. The standard InChI is InChI=1S/C17H19ClN2O/c1-20(13-14-6-3-2-4-7-14)17(21)10-11-19-16-9-5-8-15(18)12-16/h2-9,12,19H,10-11,13H2,1H3. The predicted octanol–water partition coefficient (Wildman–Crippen LogP) is 3.80. The van der Waals surface area contributed by atoms with E-state index in [9.17, 15) is 4.79 Å². The van der Waals surface area contributed by atoms with Crippen LogP contribution in [0.25, 0.3) is 0 Å². The van der Waals surface area contributed by atoms with Gasteiger partial charge in [0.2, 0.25) is 5.91 Å². The van der Waals surface area contributed by atoms with Gasteiger partial charge in [0.05, 0.1) is 0 Å². The summed E-state index contributed by atoms with van der Waals surface area (Å²) < 4.78 is 0. The lowest BCUT2D eigenvalue weighted by molar-refractivity contribution is -0.130. The molecule has 21 heavy (non-hydrogen) atoms. The first-order chi connectivity index (χ1) is 10.1. The summed E-state index contributed by atoms with van der Waals surface area (Å²) in [4.78, 5) is 13.8. The topological polar surface area (TPSA) is 32.3 Å². The zero-order valence-corrected chi connectivity index (χ0v) is 12.8. The number of carbonyl (C=O) groups excluding carboxylic acids is 1. The summed E-state index contributed by atoms with van der Waals surface area (Å²) in [7, 11) is 1.83. The number of amides is 1. The van der Waals surface area contributed by atoms with E-state index in [1.165, 1.54) is 0 Å². The molecule has 0 spiro atoms. The number of hydrogen-bond acceptors (Lipinski definition) is 2. The van der Waals surface area contributed by atoms with Gasteiger partial charge in [-0.15, -0.1) is 0 Å². The zero-order chi connectivity index (χ0) is 15.1. The van der Waals surface area contributed by atoms with Gasteiger partial charge in [0.1, 0.15) is 0 Å². The lowest BCUT2D eigenvalue weighted by Gasteiger charge is -2.17. The molecule has 3 nitrogen and oxygen atoms in total. The van der Waals surface area contributed by atoms with Crippen LogP contribution >= 0.6 is 11.6 Å². The van der Waals surface area contributed by atoms with E-state index in [4.69, 9.17) is 11.6 Å². The minimum atomic E-state index is 0.119. The molecule has 2 rings (SSSR count). The zero-order valence-electron chi connectivity index (χ0n) is 12.1. The average Bonchev–Trinajstić information content (AvgIpc) is 2.48. The Balaban J connectivity index is 1.76. The highest BCUT2D eigenvalue weighted by molar-refractivity contribution is 6.30. The summed E-state index contributed by atoms with van der Waals surface area (Å²) in [6, 6.07) is 17.5. The van der Waals surface area contributed by atoms with Gasteiger partial charge in [-0.1, -0.05) is 48.0 Å². The van der Waals surface area contributed by atoms with Gasteiger partial charge in [0, 0.05) is 37.3 Å². The lowest BCUT2D eigenvalue weighted by atomic mass is 10.2. The number of nitrogens with zero attached hydrogens (tertiary/aromatic N) is 1. The van der Waals surface area contributed by atoms with Gasteiger partial charge in [-0.05, 0) is 23.8 Å². The molecule has 0 bridgehead atoms. The van der Waals surface area contributed by atoms with Gasteiger partial charge in [-0.2, -0.15) is 0 Å². The quantitative estimate of drug-likeness (QED) is 0.880. The largest absolute Gasteiger partial charge is 0.384 e. The molecule has 2 aromatic rings. The molecule has 0 aliphatic heterocycles. The van der Waals surface area contributed by atoms with Crippen molar-refractivity contribution in [3.63, 3.8) is 0 Å². The fraction of sp³-hybridized carbons (Fsp3) is 0.235. The molecule has 1 amide bonds. The molecule has 0 saturated carbocycles. The highest BCUT2D eigenvalue weighted by atomic mass is 35.5.